The molecule has 86 valence electrons. The number of carbonyl (C=O) groups is 1. The third-order valence-electron chi connectivity index (χ3n) is 1.96. The summed E-state index contributed by atoms with van der Waals surface area (Å²) < 4.78 is 5.05. The van der Waals surface area contributed by atoms with Crippen molar-refractivity contribution in [2.75, 3.05) is 13.6 Å². The molecular weight excluding hydrogens is 200 g/mol. The van der Waals surface area contributed by atoms with Crippen molar-refractivity contribution in [3.8, 4) is 6.07 Å². The molecule has 0 spiro atoms. The van der Waals surface area contributed by atoms with E-state index in [2.05, 4.69) is 0 Å². The Hall–Kier alpha value is -1.32. The van der Waals surface area contributed by atoms with Crippen LogP contribution >= 0.6 is 0 Å². The fourth-order valence-electron chi connectivity index (χ4n) is 0.821. The highest BCUT2D eigenvalue weighted by atomic mass is 16.6. The maximum atomic E-state index is 10.5. The summed E-state index contributed by atoms with van der Waals surface area (Å²) in [5, 5.41) is 26.8. The van der Waals surface area contributed by atoms with Gasteiger partial charge in [0.2, 0.25) is 0 Å². The van der Waals surface area contributed by atoms with Crippen molar-refractivity contribution in [2.45, 2.75) is 32.2 Å². The van der Waals surface area contributed by atoms with E-state index in [0.29, 0.717) is 6.42 Å². The minimum absolute atomic E-state index is 0.0953. The Bertz CT molecular complexity index is 259. The van der Waals surface area contributed by atoms with Crippen LogP contribution in [0.2, 0.25) is 0 Å². The minimum Gasteiger partial charge on any atom is -0.465 e. The van der Waals surface area contributed by atoms with Crippen LogP contribution in [0.1, 0.15) is 20.3 Å². The number of amides is 1. The molecule has 0 rings (SSSR count). The van der Waals surface area contributed by atoms with Crippen LogP contribution in [-0.4, -0.2) is 46.7 Å². The predicted molar refractivity (Wildman–Crippen MR) is 52.1 cm³/mol. The molecule has 15 heavy (non-hydrogen) atoms. The second-order valence-electron chi connectivity index (χ2n) is 3.43. The molecule has 2 unspecified atom stereocenters. The number of likely N-dealkylation sites (N-methyl/N-ethyl adjacent to an activating group) is 1. The van der Waals surface area contributed by atoms with E-state index in [0.717, 1.165) is 4.90 Å². The van der Waals surface area contributed by atoms with E-state index >= 15 is 0 Å². The van der Waals surface area contributed by atoms with Gasteiger partial charge in [0, 0.05) is 7.05 Å². The molecule has 0 bridgehead atoms. The lowest BCUT2D eigenvalue weighted by Crippen LogP contribution is -2.39. The first-order chi connectivity index (χ1) is 6.82. The standard InChI is InChI=1S/C9H16N2O4/c1-4-9(2,14)15-7(5-10)6-11(3)8(12)13/h7,14H,4,6H2,1-3H3,(H,12,13). The molecule has 0 saturated carbocycles. The van der Waals surface area contributed by atoms with Gasteiger partial charge in [0.25, 0.3) is 0 Å². The van der Waals surface area contributed by atoms with Crippen molar-refractivity contribution in [3.05, 3.63) is 0 Å². The minimum atomic E-state index is -1.40. The van der Waals surface area contributed by atoms with Crippen LogP contribution in [-0.2, 0) is 4.74 Å². The van der Waals surface area contributed by atoms with Crippen LogP contribution in [0, 0.1) is 11.3 Å². The van der Waals surface area contributed by atoms with Crippen molar-refractivity contribution in [1.29, 1.82) is 5.26 Å². The fourth-order valence-corrected chi connectivity index (χ4v) is 0.821. The first kappa shape index (κ1) is 13.7. The summed E-state index contributed by atoms with van der Waals surface area (Å²) in [5.74, 6) is -1.40. The van der Waals surface area contributed by atoms with Gasteiger partial charge in [-0.25, -0.2) is 4.79 Å². The molecule has 1 amide bonds. The Morgan fingerprint density at radius 3 is 2.60 bits per heavy atom. The first-order valence-electron chi connectivity index (χ1n) is 4.56. The van der Waals surface area contributed by atoms with Crippen molar-refractivity contribution >= 4 is 6.09 Å². The highest BCUT2D eigenvalue weighted by Gasteiger charge is 2.25. The maximum Gasteiger partial charge on any atom is 0.407 e. The molecule has 0 radical (unpaired) electrons. The van der Waals surface area contributed by atoms with Gasteiger partial charge in [-0.15, -0.1) is 0 Å². The van der Waals surface area contributed by atoms with Gasteiger partial charge < -0.3 is 19.8 Å². The number of hydrogen-bond donors (Lipinski definition) is 2. The zero-order chi connectivity index (χ0) is 12.1. The van der Waals surface area contributed by atoms with Gasteiger partial charge in [-0.2, -0.15) is 5.26 Å². The topological polar surface area (TPSA) is 93.8 Å². The molecule has 0 aliphatic carbocycles. The maximum absolute atomic E-state index is 10.5. The molecule has 0 aliphatic heterocycles. The molecule has 6 heteroatoms. The Labute approximate surface area is 88.7 Å². The summed E-state index contributed by atoms with van der Waals surface area (Å²) >= 11 is 0. The van der Waals surface area contributed by atoms with Crippen LogP contribution in [0.3, 0.4) is 0 Å². The van der Waals surface area contributed by atoms with E-state index in [1.54, 1.807) is 13.0 Å². The lowest BCUT2D eigenvalue weighted by molar-refractivity contribution is -0.208. The third-order valence-corrected chi connectivity index (χ3v) is 1.96. The molecule has 2 N–H and O–H groups in total. The molecule has 6 nitrogen and oxygen atoms in total. The molecule has 0 aromatic carbocycles. The van der Waals surface area contributed by atoms with E-state index in [-0.39, 0.29) is 6.54 Å². The van der Waals surface area contributed by atoms with Crippen molar-refractivity contribution in [2.24, 2.45) is 0 Å². The molecular formula is C9H16N2O4. The highest BCUT2D eigenvalue weighted by molar-refractivity contribution is 5.64. The Balaban J connectivity index is 4.29. The zero-order valence-corrected chi connectivity index (χ0v) is 9.10. The summed E-state index contributed by atoms with van der Waals surface area (Å²) in [6, 6.07) is 1.79. The quantitative estimate of drug-likeness (QED) is 0.657. The van der Waals surface area contributed by atoms with E-state index in [9.17, 15) is 9.90 Å². The number of nitrogens with zero attached hydrogens (tertiary/aromatic N) is 2. The normalized spacial score (nSPS) is 16.2. The lowest BCUT2D eigenvalue weighted by atomic mass is 10.2. The molecule has 2 atom stereocenters. The van der Waals surface area contributed by atoms with Gasteiger partial charge in [-0.05, 0) is 13.3 Å². The van der Waals surface area contributed by atoms with Crippen LogP contribution in [0.4, 0.5) is 4.79 Å². The summed E-state index contributed by atoms with van der Waals surface area (Å²) in [6.07, 6.45) is -1.79. The Morgan fingerprint density at radius 2 is 2.27 bits per heavy atom. The van der Waals surface area contributed by atoms with E-state index in [1.165, 1.54) is 14.0 Å². The van der Waals surface area contributed by atoms with Gasteiger partial charge in [0.15, 0.2) is 11.9 Å². The summed E-state index contributed by atoms with van der Waals surface area (Å²) in [4.78, 5) is 11.4. The smallest absolute Gasteiger partial charge is 0.407 e. The average Bonchev–Trinajstić information content (AvgIpc) is 2.16. The number of hydrogen-bond acceptors (Lipinski definition) is 4. The predicted octanol–water partition coefficient (Wildman–Crippen LogP) is 0.623. The summed E-state index contributed by atoms with van der Waals surface area (Å²) in [7, 11) is 1.33. The van der Waals surface area contributed by atoms with Gasteiger partial charge in [-0.3, -0.25) is 0 Å². The Morgan fingerprint density at radius 1 is 1.73 bits per heavy atom. The number of ether oxygens (including phenoxy) is 1. The fraction of sp³-hybridized carbons (Fsp3) is 0.778. The van der Waals surface area contributed by atoms with Crippen LogP contribution in [0.25, 0.3) is 0 Å². The second kappa shape index (κ2) is 5.53. The van der Waals surface area contributed by atoms with Crippen molar-refractivity contribution < 1.29 is 19.7 Å². The molecule has 0 saturated heterocycles. The number of aliphatic hydroxyl groups is 1. The molecule has 0 aromatic rings. The molecule has 0 heterocycles. The average molecular weight is 216 g/mol. The van der Waals surface area contributed by atoms with E-state index < -0.39 is 18.0 Å². The van der Waals surface area contributed by atoms with Crippen molar-refractivity contribution in [3.63, 3.8) is 0 Å². The molecule has 0 fully saturated rings. The number of carboxylic acid groups (broad SMARTS) is 1. The molecule has 0 aromatic heterocycles. The van der Waals surface area contributed by atoms with Gasteiger partial charge in [-0.1, -0.05) is 6.92 Å². The van der Waals surface area contributed by atoms with E-state index in [4.69, 9.17) is 15.1 Å². The van der Waals surface area contributed by atoms with Gasteiger partial charge >= 0.3 is 6.09 Å². The first-order valence-corrected chi connectivity index (χ1v) is 4.56. The summed E-state index contributed by atoms with van der Waals surface area (Å²) in [5.41, 5.74) is 0. The number of rotatable bonds is 5. The SMILES string of the molecule is CCC(C)(O)OC(C#N)CN(C)C(=O)O. The van der Waals surface area contributed by atoms with Gasteiger partial charge in [0.05, 0.1) is 12.6 Å². The number of nitriles is 1. The largest absolute Gasteiger partial charge is 0.465 e. The van der Waals surface area contributed by atoms with Gasteiger partial charge in [0.1, 0.15) is 0 Å². The highest BCUT2D eigenvalue weighted by Crippen LogP contribution is 2.13. The lowest BCUT2D eigenvalue weighted by Gasteiger charge is -2.26. The monoisotopic (exact) mass is 216 g/mol. The van der Waals surface area contributed by atoms with Crippen LogP contribution in [0.15, 0.2) is 0 Å². The van der Waals surface area contributed by atoms with Crippen LogP contribution < -0.4 is 0 Å². The second-order valence-corrected chi connectivity index (χ2v) is 3.43. The Kier molecular flexibility index (Phi) is 5.05. The zero-order valence-electron chi connectivity index (χ0n) is 9.10. The van der Waals surface area contributed by atoms with E-state index in [1.807, 2.05) is 0 Å². The van der Waals surface area contributed by atoms with Crippen LogP contribution in [0.5, 0.6) is 0 Å². The summed E-state index contributed by atoms with van der Waals surface area (Å²) in [6.45, 7) is 3.04. The van der Waals surface area contributed by atoms with Crippen molar-refractivity contribution in [1.82, 2.24) is 4.90 Å². The third kappa shape index (κ3) is 5.20. The molecule has 0 aliphatic rings.